The third-order valence-electron chi connectivity index (χ3n) is 2.33. The summed E-state index contributed by atoms with van der Waals surface area (Å²) in [5.41, 5.74) is 6.52. The van der Waals surface area contributed by atoms with Gasteiger partial charge in [0.1, 0.15) is 0 Å². The summed E-state index contributed by atoms with van der Waals surface area (Å²) in [4.78, 5) is 13.0. The second kappa shape index (κ2) is 3.42. The third-order valence-corrected chi connectivity index (χ3v) is 2.33. The Hall–Kier alpha value is -1.36. The standard InChI is InChI=1S/C9H13N3O2/c1-2-7-4-9(14-11-7)12-5-6(10)3-8(12)13/h4,6H,2-3,5,10H2,1H3. The lowest BCUT2D eigenvalue weighted by Gasteiger charge is -2.09. The average Bonchev–Trinajstić information content (AvgIpc) is 2.71. The quantitative estimate of drug-likeness (QED) is 0.736. The minimum Gasteiger partial charge on any atom is -0.338 e. The molecule has 1 amide bonds. The molecule has 1 atom stereocenters. The zero-order valence-electron chi connectivity index (χ0n) is 8.06. The largest absolute Gasteiger partial charge is 0.338 e. The molecule has 1 aromatic rings. The maximum atomic E-state index is 11.4. The number of aryl methyl sites for hydroxylation is 1. The highest BCUT2D eigenvalue weighted by Crippen LogP contribution is 2.21. The van der Waals surface area contributed by atoms with E-state index in [-0.39, 0.29) is 11.9 Å². The van der Waals surface area contributed by atoms with Crippen LogP contribution in [0.25, 0.3) is 0 Å². The number of carbonyl (C=O) groups is 1. The first-order valence-corrected chi connectivity index (χ1v) is 4.72. The molecule has 0 aliphatic carbocycles. The molecule has 0 saturated carbocycles. The van der Waals surface area contributed by atoms with Gasteiger partial charge in [0.2, 0.25) is 11.8 Å². The van der Waals surface area contributed by atoms with Crippen LogP contribution in [-0.2, 0) is 11.2 Å². The van der Waals surface area contributed by atoms with E-state index in [2.05, 4.69) is 5.16 Å². The van der Waals surface area contributed by atoms with Gasteiger partial charge in [-0.05, 0) is 6.42 Å². The topological polar surface area (TPSA) is 72.4 Å². The van der Waals surface area contributed by atoms with Gasteiger partial charge in [-0.2, -0.15) is 0 Å². The van der Waals surface area contributed by atoms with Gasteiger partial charge < -0.3 is 10.3 Å². The van der Waals surface area contributed by atoms with Crippen molar-refractivity contribution >= 4 is 11.8 Å². The summed E-state index contributed by atoms with van der Waals surface area (Å²) in [5, 5.41) is 3.83. The number of hydrogen-bond acceptors (Lipinski definition) is 4. The van der Waals surface area contributed by atoms with E-state index in [1.54, 1.807) is 11.0 Å². The van der Waals surface area contributed by atoms with Crippen molar-refractivity contribution in [3.8, 4) is 0 Å². The van der Waals surface area contributed by atoms with E-state index in [0.29, 0.717) is 18.8 Å². The lowest BCUT2D eigenvalue weighted by Crippen LogP contribution is -2.27. The number of rotatable bonds is 2. The molecule has 5 nitrogen and oxygen atoms in total. The number of aromatic nitrogens is 1. The average molecular weight is 195 g/mol. The fourth-order valence-electron chi connectivity index (χ4n) is 1.54. The second-order valence-electron chi connectivity index (χ2n) is 3.48. The summed E-state index contributed by atoms with van der Waals surface area (Å²) in [5.74, 6) is 0.524. The van der Waals surface area contributed by atoms with Gasteiger partial charge in [-0.15, -0.1) is 0 Å². The van der Waals surface area contributed by atoms with Gasteiger partial charge in [-0.1, -0.05) is 12.1 Å². The predicted octanol–water partition coefficient (Wildman–Crippen LogP) is 0.301. The van der Waals surface area contributed by atoms with Crippen LogP contribution in [0, 0.1) is 0 Å². The highest BCUT2D eigenvalue weighted by Gasteiger charge is 2.30. The van der Waals surface area contributed by atoms with E-state index >= 15 is 0 Å². The van der Waals surface area contributed by atoms with Gasteiger partial charge >= 0.3 is 0 Å². The van der Waals surface area contributed by atoms with E-state index in [1.807, 2.05) is 6.92 Å². The van der Waals surface area contributed by atoms with Gasteiger partial charge in [0.15, 0.2) is 0 Å². The molecule has 2 rings (SSSR count). The monoisotopic (exact) mass is 195 g/mol. The molecular weight excluding hydrogens is 182 g/mol. The summed E-state index contributed by atoms with van der Waals surface area (Å²) in [7, 11) is 0. The van der Waals surface area contributed by atoms with Crippen LogP contribution in [0.1, 0.15) is 19.0 Å². The van der Waals surface area contributed by atoms with Gasteiger partial charge in [-0.3, -0.25) is 9.69 Å². The van der Waals surface area contributed by atoms with E-state index in [9.17, 15) is 4.79 Å². The van der Waals surface area contributed by atoms with Crippen molar-refractivity contribution in [1.29, 1.82) is 0 Å². The van der Waals surface area contributed by atoms with Crippen molar-refractivity contribution in [2.24, 2.45) is 5.73 Å². The predicted molar refractivity (Wildman–Crippen MR) is 50.8 cm³/mol. The van der Waals surface area contributed by atoms with Gasteiger partial charge in [-0.25, -0.2) is 0 Å². The molecule has 2 N–H and O–H groups in total. The Labute approximate surface area is 81.8 Å². The first-order valence-electron chi connectivity index (χ1n) is 4.72. The van der Waals surface area contributed by atoms with Crippen LogP contribution in [0.2, 0.25) is 0 Å². The number of hydrogen-bond donors (Lipinski definition) is 1. The zero-order valence-corrected chi connectivity index (χ0v) is 8.06. The number of amides is 1. The molecule has 1 fully saturated rings. The molecule has 1 aromatic heterocycles. The Morgan fingerprint density at radius 2 is 2.57 bits per heavy atom. The molecule has 1 aliphatic rings. The second-order valence-corrected chi connectivity index (χ2v) is 3.48. The molecule has 0 bridgehead atoms. The van der Waals surface area contributed by atoms with Crippen molar-refractivity contribution in [1.82, 2.24) is 5.16 Å². The molecule has 1 saturated heterocycles. The first kappa shape index (κ1) is 9.21. The van der Waals surface area contributed by atoms with Crippen LogP contribution in [-0.4, -0.2) is 23.7 Å². The van der Waals surface area contributed by atoms with E-state index in [4.69, 9.17) is 10.3 Å². The Morgan fingerprint density at radius 3 is 3.07 bits per heavy atom. The van der Waals surface area contributed by atoms with Crippen molar-refractivity contribution in [3.63, 3.8) is 0 Å². The summed E-state index contributed by atoms with van der Waals surface area (Å²) in [6.45, 7) is 2.51. The Morgan fingerprint density at radius 1 is 1.79 bits per heavy atom. The van der Waals surface area contributed by atoms with Crippen molar-refractivity contribution < 1.29 is 9.32 Å². The van der Waals surface area contributed by atoms with Crippen LogP contribution in [0.3, 0.4) is 0 Å². The molecule has 1 unspecified atom stereocenters. The number of carbonyl (C=O) groups excluding carboxylic acids is 1. The summed E-state index contributed by atoms with van der Waals surface area (Å²) in [6.07, 6.45) is 1.19. The molecule has 5 heteroatoms. The maximum absolute atomic E-state index is 11.4. The van der Waals surface area contributed by atoms with Crippen LogP contribution in [0.4, 0.5) is 5.88 Å². The highest BCUT2D eigenvalue weighted by atomic mass is 16.5. The molecule has 1 aliphatic heterocycles. The normalized spacial score (nSPS) is 22.0. The molecule has 0 aromatic carbocycles. The summed E-state index contributed by atoms with van der Waals surface area (Å²) < 4.78 is 5.06. The van der Waals surface area contributed by atoms with Crippen molar-refractivity contribution in [3.05, 3.63) is 11.8 Å². The minimum atomic E-state index is -0.0855. The molecule has 0 radical (unpaired) electrons. The minimum absolute atomic E-state index is 0.0105. The smallest absolute Gasteiger partial charge is 0.234 e. The van der Waals surface area contributed by atoms with Crippen molar-refractivity contribution in [2.45, 2.75) is 25.8 Å². The number of nitrogens with two attached hydrogens (primary N) is 1. The van der Waals surface area contributed by atoms with Crippen molar-refractivity contribution in [2.75, 3.05) is 11.4 Å². The first-order chi connectivity index (χ1) is 6.70. The van der Waals surface area contributed by atoms with E-state index in [1.165, 1.54) is 0 Å². The lowest BCUT2D eigenvalue weighted by molar-refractivity contribution is -0.117. The van der Waals surface area contributed by atoms with Crippen LogP contribution < -0.4 is 10.6 Å². The number of anilines is 1. The highest BCUT2D eigenvalue weighted by molar-refractivity contribution is 5.94. The molecule has 0 spiro atoms. The summed E-state index contributed by atoms with van der Waals surface area (Å²) >= 11 is 0. The van der Waals surface area contributed by atoms with Crippen LogP contribution >= 0.6 is 0 Å². The van der Waals surface area contributed by atoms with Gasteiger partial charge in [0.05, 0.1) is 5.69 Å². The van der Waals surface area contributed by atoms with E-state index in [0.717, 1.165) is 12.1 Å². The Kier molecular flexibility index (Phi) is 2.25. The molecule has 14 heavy (non-hydrogen) atoms. The lowest BCUT2D eigenvalue weighted by atomic mass is 10.3. The Balaban J connectivity index is 2.18. The Bertz CT molecular complexity index is 348. The van der Waals surface area contributed by atoms with Crippen LogP contribution in [0.5, 0.6) is 0 Å². The number of nitrogens with zero attached hydrogens (tertiary/aromatic N) is 2. The van der Waals surface area contributed by atoms with Crippen LogP contribution in [0.15, 0.2) is 10.6 Å². The molecule has 2 heterocycles. The fourth-order valence-corrected chi connectivity index (χ4v) is 1.54. The SMILES string of the molecule is CCc1cc(N2CC(N)CC2=O)on1. The molecule has 76 valence electrons. The fraction of sp³-hybridized carbons (Fsp3) is 0.556. The molecular formula is C9H13N3O2. The van der Waals surface area contributed by atoms with E-state index < -0.39 is 0 Å². The summed E-state index contributed by atoms with van der Waals surface area (Å²) in [6, 6.07) is 1.70. The van der Waals surface area contributed by atoms with Gasteiger partial charge in [0.25, 0.3) is 0 Å². The maximum Gasteiger partial charge on any atom is 0.234 e. The zero-order chi connectivity index (χ0) is 10.1. The van der Waals surface area contributed by atoms with Gasteiger partial charge in [0, 0.05) is 25.1 Å². The third kappa shape index (κ3) is 1.50.